The van der Waals surface area contributed by atoms with E-state index in [1.165, 1.54) is 12.8 Å². The zero-order valence-electron chi connectivity index (χ0n) is 11.1. The summed E-state index contributed by atoms with van der Waals surface area (Å²) in [5.74, 6) is 2.64. The average Bonchev–Trinajstić information content (AvgIpc) is 2.63. The summed E-state index contributed by atoms with van der Waals surface area (Å²) >= 11 is 0. The lowest BCUT2D eigenvalue weighted by molar-refractivity contribution is 0.379. The summed E-state index contributed by atoms with van der Waals surface area (Å²) in [4.78, 5) is 4.32. The van der Waals surface area contributed by atoms with Gasteiger partial charge in [0.2, 0.25) is 0 Å². The molecule has 1 aromatic heterocycles. The Balaban J connectivity index is 1.76. The third-order valence-corrected chi connectivity index (χ3v) is 3.52. The third-order valence-electron chi connectivity index (χ3n) is 3.52. The molecule has 0 saturated carbocycles. The zero-order valence-corrected chi connectivity index (χ0v) is 11.1. The van der Waals surface area contributed by atoms with Crippen LogP contribution in [0, 0.1) is 11.8 Å². The average molecular weight is 233 g/mol. The molecule has 2 unspecified atom stereocenters. The van der Waals surface area contributed by atoms with Gasteiger partial charge in [0, 0.05) is 19.4 Å². The molecule has 1 aromatic rings. The van der Waals surface area contributed by atoms with Crippen molar-refractivity contribution in [2.75, 3.05) is 6.54 Å². The van der Waals surface area contributed by atoms with Crippen molar-refractivity contribution in [2.45, 2.75) is 33.2 Å². The van der Waals surface area contributed by atoms with Crippen molar-refractivity contribution in [1.29, 1.82) is 0 Å². The lowest BCUT2D eigenvalue weighted by atomic mass is 9.84. The van der Waals surface area contributed by atoms with E-state index >= 15 is 0 Å². The molecule has 0 aromatic carbocycles. The van der Waals surface area contributed by atoms with E-state index in [1.54, 1.807) is 5.57 Å². The van der Waals surface area contributed by atoms with Gasteiger partial charge in [0.05, 0.1) is 6.54 Å². The molecule has 2 rings (SSSR count). The molecule has 17 heavy (non-hydrogen) atoms. The molecule has 1 aliphatic rings. The topological polar surface area (TPSA) is 29.9 Å². The van der Waals surface area contributed by atoms with Gasteiger partial charge in [-0.1, -0.05) is 18.6 Å². The number of imidazole rings is 1. The second-order valence-corrected chi connectivity index (χ2v) is 5.38. The van der Waals surface area contributed by atoms with Crippen LogP contribution < -0.4 is 5.32 Å². The molecule has 0 fully saturated rings. The van der Waals surface area contributed by atoms with Crippen molar-refractivity contribution in [3.05, 3.63) is 29.9 Å². The van der Waals surface area contributed by atoms with Crippen LogP contribution in [0.5, 0.6) is 0 Å². The quantitative estimate of drug-likeness (QED) is 0.810. The highest BCUT2D eigenvalue weighted by Gasteiger charge is 2.17. The van der Waals surface area contributed by atoms with Gasteiger partial charge in [-0.05, 0) is 38.1 Å². The molecule has 0 aliphatic heterocycles. The molecule has 0 bridgehead atoms. The van der Waals surface area contributed by atoms with Gasteiger partial charge in [-0.25, -0.2) is 4.98 Å². The van der Waals surface area contributed by atoms with Crippen LogP contribution in [0.1, 0.15) is 32.5 Å². The normalized spacial score (nSPS) is 24.8. The van der Waals surface area contributed by atoms with E-state index in [2.05, 4.69) is 34.8 Å². The Hall–Kier alpha value is -1.09. The van der Waals surface area contributed by atoms with E-state index in [1.807, 2.05) is 19.4 Å². The highest BCUT2D eigenvalue weighted by atomic mass is 15.1. The van der Waals surface area contributed by atoms with E-state index in [-0.39, 0.29) is 0 Å². The number of hydrogen-bond donors (Lipinski definition) is 1. The van der Waals surface area contributed by atoms with E-state index in [0.29, 0.717) is 0 Å². The maximum atomic E-state index is 4.32. The van der Waals surface area contributed by atoms with Crippen molar-refractivity contribution in [3.8, 4) is 0 Å². The molecule has 1 heterocycles. The molecule has 94 valence electrons. The van der Waals surface area contributed by atoms with Gasteiger partial charge in [-0.3, -0.25) is 0 Å². The van der Waals surface area contributed by atoms with Gasteiger partial charge in [-0.2, -0.15) is 0 Å². The fourth-order valence-electron chi connectivity index (χ4n) is 2.80. The van der Waals surface area contributed by atoms with Crippen molar-refractivity contribution < 1.29 is 0 Å². The smallest absolute Gasteiger partial charge is 0.122 e. The molecule has 1 aliphatic carbocycles. The standard InChI is InChI=1S/C14H23N3/c1-11-6-12(2)8-13(7-11)9-15-10-14-16-4-5-17(14)3/h4-6,11,13,15H,7-10H2,1-3H3. The van der Waals surface area contributed by atoms with Crippen LogP contribution in [0.3, 0.4) is 0 Å². The fourth-order valence-corrected chi connectivity index (χ4v) is 2.80. The molecular formula is C14H23N3. The summed E-state index contributed by atoms with van der Waals surface area (Å²) in [5, 5.41) is 3.53. The Morgan fingerprint density at radius 2 is 2.35 bits per heavy atom. The number of aryl methyl sites for hydroxylation is 1. The Morgan fingerprint density at radius 1 is 1.53 bits per heavy atom. The second kappa shape index (κ2) is 5.50. The van der Waals surface area contributed by atoms with Crippen LogP contribution in [0.4, 0.5) is 0 Å². The summed E-state index contributed by atoms with van der Waals surface area (Å²) < 4.78 is 2.07. The van der Waals surface area contributed by atoms with Crippen molar-refractivity contribution >= 4 is 0 Å². The minimum atomic E-state index is 0.740. The molecule has 3 heteroatoms. The summed E-state index contributed by atoms with van der Waals surface area (Å²) in [7, 11) is 2.04. The first kappa shape index (κ1) is 12.4. The Kier molecular flexibility index (Phi) is 4.00. The largest absolute Gasteiger partial charge is 0.337 e. The van der Waals surface area contributed by atoms with E-state index < -0.39 is 0 Å². The summed E-state index contributed by atoms with van der Waals surface area (Å²) in [5.41, 5.74) is 1.55. The van der Waals surface area contributed by atoms with Gasteiger partial charge in [-0.15, -0.1) is 0 Å². The molecule has 3 nitrogen and oxygen atoms in total. The monoisotopic (exact) mass is 233 g/mol. The van der Waals surface area contributed by atoms with E-state index in [9.17, 15) is 0 Å². The number of allylic oxidation sites excluding steroid dienone is 2. The van der Waals surface area contributed by atoms with Crippen LogP contribution >= 0.6 is 0 Å². The fraction of sp³-hybridized carbons (Fsp3) is 0.643. The first-order valence-electron chi connectivity index (χ1n) is 6.49. The summed E-state index contributed by atoms with van der Waals surface area (Å²) in [6.07, 6.45) is 8.82. The maximum absolute atomic E-state index is 4.32. The molecule has 0 spiro atoms. The van der Waals surface area contributed by atoms with Crippen molar-refractivity contribution in [2.24, 2.45) is 18.9 Å². The SMILES string of the molecule is CC1=CC(C)CC(CNCc2nccn2C)C1. The first-order valence-corrected chi connectivity index (χ1v) is 6.49. The van der Waals surface area contributed by atoms with Gasteiger partial charge < -0.3 is 9.88 Å². The van der Waals surface area contributed by atoms with Crippen LogP contribution in [-0.2, 0) is 13.6 Å². The van der Waals surface area contributed by atoms with Crippen LogP contribution in [0.2, 0.25) is 0 Å². The minimum Gasteiger partial charge on any atom is -0.337 e. The second-order valence-electron chi connectivity index (χ2n) is 5.38. The van der Waals surface area contributed by atoms with Gasteiger partial charge in [0.25, 0.3) is 0 Å². The lowest BCUT2D eigenvalue weighted by Crippen LogP contribution is -2.26. The number of hydrogen-bond acceptors (Lipinski definition) is 2. The number of nitrogens with zero attached hydrogens (tertiary/aromatic N) is 2. The molecule has 0 saturated heterocycles. The van der Waals surface area contributed by atoms with Crippen LogP contribution in [0.25, 0.3) is 0 Å². The minimum absolute atomic E-state index is 0.740. The Morgan fingerprint density at radius 3 is 3.00 bits per heavy atom. The molecule has 1 N–H and O–H groups in total. The molecule has 2 atom stereocenters. The Labute approximate surface area is 104 Å². The number of rotatable bonds is 4. The van der Waals surface area contributed by atoms with Gasteiger partial charge in [0.15, 0.2) is 0 Å². The third kappa shape index (κ3) is 3.43. The van der Waals surface area contributed by atoms with E-state index in [4.69, 9.17) is 0 Å². The predicted molar refractivity (Wildman–Crippen MR) is 70.6 cm³/mol. The number of nitrogens with one attached hydrogen (secondary N) is 1. The van der Waals surface area contributed by atoms with E-state index in [0.717, 1.165) is 30.7 Å². The molecule has 0 radical (unpaired) electrons. The van der Waals surface area contributed by atoms with Crippen LogP contribution in [-0.4, -0.2) is 16.1 Å². The highest BCUT2D eigenvalue weighted by Crippen LogP contribution is 2.27. The maximum Gasteiger partial charge on any atom is 0.122 e. The molecular weight excluding hydrogens is 210 g/mol. The summed E-state index contributed by atoms with van der Waals surface area (Å²) in [6.45, 7) is 6.54. The summed E-state index contributed by atoms with van der Waals surface area (Å²) in [6, 6.07) is 0. The molecule has 0 amide bonds. The Bertz CT molecular complexity index is 392. The predicted octanol–water partition coefficient (Wildman–Crippen LogP) is 2.50. The number of aromatic nitrogens is 2. The van der Waals surface area contributed by atoms with Gasteiger partial charge >= 0.3 is 0 Å². The lowest BCUT2D eigenvalue weighted by Gasteiger charge is -2.25. The highest BCUT2D eigenvalue weighted by molar-refractivity contribution is 5.06. The van der Waals surface area contributed by atoms with Crippen LogP contribution in [0.15, 0.2) is 24.0 Å². The zero-order chi connectivity index (χ0) is 12.3. The van der Waals surface area contributed by atoms with Crippen molar-refractivity contribution in [3.63, 3.8) is 0 Å². The first-order chi connectivity index (χ1) is 8.15. The van der Waals surface area contributed by atoms with Gasteiger partial charge in [0.1, 0.15) is 5.82 Å². The van der Waals surface area contributed by atoms with Crippen molar-refractivity contribution in [1.82, 2.24) is 14.9 Å².